The van der Waals surface area contributed by atoms with Crippen molar-refractivity contribution in [1.29, 1.82) is 0 Å². The van der Waals surface area contributed by atoms with Gasteiger partial charge in [0.05, 0.1) is 0 Å². The lowest BCUT2D eigenvalue weighted by atomic mass is 9.81. The Labute approximate surface area is 259 Å². The van der Waals surface area contributed by atoms with Crippen molar-refractivity contribution in [3.8, 4) is 5.75 Å². The van der Waals surface area contributed by atoms with Crippen molar-refractivity contribution in [2.45, 2.75) is 71.1 Å². The summed E-state index contributed by atoms with van der Waals surface area (Å²) in [5.74, 6) is -0.623. The van der Waals surface area contributed by atoms with E-state index in [1.165, 1.54) is 0 Å². The molecule has 0 spiro atoms. The highest BCUT2D eigenvalue weighted by Crippen LogP contribution is 2.29. The zero-order valence-electron chi connectivity index (χ0n) is 25.7. The summed E-state index contributed by atoms with van der Waals surface area (Å²) < 4.78 is 11.1. The van der Waals surface area contributed by atoms with E-state index in [0.29, 0.717) is 31.7 Å². The number of carbonyl (C=O) groups excluding carboxylic acids is 2. The minimum atomic E-state index is -1.07. The van der Waals surface area contributed by atoms with E-state index in [1.54, 1.807) is 24.5 Å². The minimum absolute atomic E-state index is 0.165. The maximum absolute atomic E-state index is 12.9. The van der Waals surface area contributed by atoms with Gasteiger partial charge in [-0.2, -0.15) is 0 Å². The fourth-order valence-corrected chi connectivity index (χ4v) is 4.76. The summed E-state index contributed by atoms with van der Waals surface area (Å²) >= 11 is 0. The van der Waals surface area contributed by atoms with Gasteiger partial charge in [0.2, 0.25) is 5.91 Å². The molecule has 1 unspecified atom stereocenters. The molecule has 0 aliphatic heterocycles. The lowest BCUT2D eigenvalue weighted by Crippen LogP contribution is -2.46. The SMILES string of the molecule is CC(C)(C)OC(=O)NCC1CCC(C(=O)NC(Cc2cccc(OCc3ccccc3)c2)C(=O)O)CC1.Nc1ccncc1. The van der Waals surface area contributed by atoms with Crippen molar-refractivity contribution in [2.75, 3.05) is 12.3 Å². The Kier molecular flexibility index (Phi) is 13.0. The zero-order chi connectivity index (χ0) is 32.0. The molecule has 10 nitrogen and oxygen atoms in total. The van der Waals surface area contributed by atoms with Gasteiger partial charge in [-0.1, -0.05) is 42.5 Å². The summed E-state index contributed by atoms with van der Waals surface area (Å²) in [7, 11) is 0. The van der Waals surface area contributed by atoms with E-state index < -0.39 is 23.7 Å². The van der Waals surface area contributed by atoms with Crippen LogP contribution in [0.5, 0.6) is 5.75 Å². The Morgan fingerprint density at radius 1 is 0.955 bits per heavy atom. The molecule has 1 saturated carbocycles. The first-order chi connectivity index (χ1) is 21.0. The maximum atomic E-state index is 12.9. The zero-order valence-corrected chi connectivity index (χ0v) is 25.7. The number of carbonyl (C=O) groups is 3. The number of ether oxygens (including phenoxy) is 2. The van der Waals surface area contributed by atoms with Crippen LogP contribution in [0.25, 0.3) is 0 Å². The van der Waals surface area contributed by atoms with Crippen LogP contribution in [0.15, 0.2) is 79.1 Å². The molecule has 10 heteroatoms. The van der Waals surface area contributed by atoms with Crippen molar-refractivity contribution < 1.29 is 29.0 Å². The first kappa shape index (κ1) is 33.9. The third-order valence-electron chi connectivity index (χ3n) is 7.06. The number of carboxylic acid groups (broad SMARTS) is 1. The maximum Gasteiger partial charge on any atom is 0.407 e. The van der Waals surface area contributed by atoms with Gasteiger partial charge >= 0.3 is 12.1 Å². The summed E-state index contributed by atoms with van der Waals surface area (Å²) in [6.45, 7) is 6.37. The van der Waals surface area contributed by atoms with Crippen LogP contribution in [-0.2, 0) is 27.4 Å². The molecule has 44 heavy (non-hydrogen) atoms. The Bertz CT molecular complexity index is 1320. The third kappa shape index (κ3) is 12.7. The van der Waals surface area contributed by atoms with Gasteiger partial charge < -0.3 is 30.9 Å². The second kappa shape index (κ2) is 16.9. The Morgan fingerprint density at radius 3 is 2.20 bits per heavy atom. The van der Waals surface area contributed by atoms with Crippen molar-refractivity contribution in [3.63, 3.8) is 0 Å². The topological polar surface area (TPSA) is 153 Å². The molecule has 1 heterocycles. The molecule has 1 atom stereocenters. The van der Waals surface area contributed by atoms with Gasteiger partial charge in [-0.3, -0.25) is 9.78 Å². The average molecular weight is 605 g/mol. The van der Waals surface area contributed by atoms with Gasteiger partial charge in [0.25, 0.3) is 0 Å². The number of nitrogens with one attached hydrogen (secondary N) is 2. The van der Waals surface area contributed by atoms with E-state index in [-0.39, 0.29) is 24.2 Å². The standard InChI is InChI=1S/C29H38N2O6.C5H6N2/c1-29(2,3)37-28(35)30-18-20-12-14-23(15-13-20)26(32)31-25(27(33)34)17-22-10-7-11-24(16-22)36-19-21-8-5-4-6-9-21;6-5-1-3-7-4-2-5/h4-11,16,20,23,25H,12-15,17-19H2,1-3H3,(H,30,35)(H,31,32)(H,33,34);1-4H,(H2,6,7). The highest BCUT2D eigenvalue weighted by atomic mass is 16.6. The summed E-state index contributed by atoms with van der Waals surface area (Å²) in [6, 6.07) is 19.6. The Hall–Kier alpha value is -4.60. The highest BCUT2D eigenvalue weighted by Gasteiger charge is 2.30. The number of rotatable bonds is 10. The van der Waals surface area contributed by atoms with Crippen LogP contribution < -0.4 is 21.1 Å². The lowest BCUT2D eigenvalue weighted by Gasteiger charge is -2.29. The Morgan fingerprint density at radius 2 is 1.61 bits per heavy atom. The van der Waals surface area contributed by atoms with Crippen LogP contribution in [-0.4, -0.2) is 46.2 Å². The molecule has 2 amide bonds. The molecule has 2 aromatic carbocycles. The van der Waals surface area contributed by atoms with E-state index in [4.69, 9.17) is 15.2 Å². The second-order valence-corrected chi connectivity index (χ2v) is 11.9. The highest BCUT2D eigenvalue weighted by molar-refractivity contribution is 5.85. The quantitative estimate of drug-likeness (QED) is 0.241. The van der Waals surface area contributed by atoms with E-state index in [0.717, 1.165) is 29.7 Å². The predicted octanol–water partition coefficient (Wildman–Crippen LogP) is 5.37. The number of nitrogen functional groups attached to an aromatic ring is 1. The summed E-state index contributed by atoms with van der Waals surface area (Å²) in [4.78, 5) is 40.4. The summed E-state index contributed by atoms with van der Waals surface area (Å²) in [6.07, 6.45) is 5.93. The van der Waals surface area contributed by atoms with E-state index in [1.807, 2.05) is 75.4 Å². The van der Waals surface area contributed by atoms with Crippen LogP contribution >= 0.6 is 0 Å². The smallest absolute Gasteiger partial charge is 0.407 e. The summed E-state index contributed by atoms with van der Waals surface area (Å²) in [5, 5.41) is 15.3. The molecule has 236 valence electrons. The van der Waals surface area contributed by atoms with E-state index in [9.17, 15) is 19.5 Å². The number of nitrogens with zero attached hydrogens (tertiary/aromatic N) is 1. The number of hydrogen-bond donors (Lipinski definition) is 4. The molecule has 0 bridgehead atoms. The van der Waals surface area contributed by atoms with Crippen molar-refractivity contribution in [1.82, 2.24) is 15.6 Å². The first-order valence-corrected chi connectivity index (χ1v) is 14.9. The average Bonchev–Trinajstić information content (AvgIpc) is 2.99. The van der Waals surface area contributed by atoms with Gasteiger partial charge in [0.1, 0.15) is 24.0 Å². The van der Waals surface area contributed by atoms with E-state index in [2.05, 4.69) is 15.6 Å². The number of nitrogens with two attached hydrogens (primary N) is 1. The van der Waals surface area contributed by atoms with Gasteiger partial charge in [-0.05, 0) is 87.8 Å². The van der Waals surface area contributed by atoms with Gasteiger partial charge in [0, 0.05) is 37.0 Å². The summed E-state index contributed by atoms with van der Waals surface area (Å²) in [5.41, 5.74) is 7.35. The lowest BCUT2D eigenvalue weighted by molar-refractivity contribution is -0.142. The molecule has 0 saturated heterocycles. The van der Waals surface area contributed by atoms with Crippen LogP contribution in [0, 0.1) is 11.8 Å². The van der Waals surface area contributed by atoms with Crippen LogP contribution in [0.2, 0.25) is 0 Å². The number of alkyl carbamates (subject to hydrolysis) is 1. The number of aromatic nitrogens is 1. The molecule has 1 fully saturated rings. The number of carboxylic acids is 1. The number of anilines is 1. The Balaban J connectivity index is 0.000000662. The van der Waals surface area contributed by atoms with Crippen molar-refractivity contribution >= 4 is 23.7 Å². The number of pyridine rings is 1. The molecule has 1 aliphatic rings. The fourth-order valence-electron chi connectivity index (χ4n) is 4.76. The monoisotopic (exact) mass is 604 g/mol. The number of hydrogen-bond acceptors (Lipinski definition) is 7. The molecule has 1 aromatic heterocycles. The van der Waals surface area contributed by atoms with Crippen molar-refractivity contribution in [2.24, 2.45) is 11.8 Å². The second-order valence-electron chi connectivity index (χ2n) is 11.9. The molecule has 3 aromatic rings. The molecule has 0 radical (unpaired) electrons. The van der Waals surface area contributed by atoms with Crippen LogP contribution in [0.4, 0.5) is 10.5 Å². The molecule has 1 aliphatic carbocycles. The van der Waals surface area contributed by atoms with Gasteiger partial charge in [0.15, 0.2) is 0 Å². The first-order valence-electron chi connectivity index (χ1n) is 14.9. The van der Waals surface area contributed by atoms with Crippen molar-refractivity contribution in [3.05, 3.63) is 90.3 Å². The number of benzene rings is 2. The fraction of sp³-hybridized carbons (Fsp3) is 0.412. The number of amides is 2. The number of aliphatic carboxylic acids is 1. The predicted molar refractivity (Wildman–Crippen MR) is 169 cm³/mol. The molecule has 4 rings (SSSR count). The van der Waals surface area contributed by atoms with Crippen LogP contribution in [0.3, 0.4) is 0 Å². The largest absolute Gasteiger partial charge is 0.489 e. The third-order valence-corrected chi connectivity index (χ3v) is 7.06. The molecule has 5 N–H and O–H groups in total. The minimum Gasteiger partial charge on any atom is -0.489 e. The normalized spacial score (nSPS) is 16.8. The molecular formula is C34H44N4O6. The van der Waals surface area contributed by atoms with Gasteiger partial charge in [-0.25, -0.2) is 9.59 Å². The van der Waals surface area contributed by atoms with Crippen LogP contribution in [0.1, 0.15) is 57.6 Å². The van der Waals surface area contributed by atoms with Gasteiger partial charge in [-0.15, -0.1) is 0 Å². The molecular weight excluding hydrogens is 560 g/mol. The van der Waals surface area contributed by atoms with E-state index >= 15 is 0 Å².